The monoisotopic (exact) mass is 493 g/mol. The third-order valence-electron chi connectivity index (χ3n) is 6.13. The van der Waals surface area contributed by atoms with Crippen LogP contribution in [0, 0.1) is 0 Å². The number of hydrogen-bond acceptors (Lipinski definition) is 2. The molecule has 0 saturated heterocycles. The predicted molar refractivity (Wildman–Crippen MR) is 140 cm³/mol. The number of nitrogens with zero attached hydrogens (tertiary/aromatic N) is 2. The van der Waals surface area contributed by atoms with Gasteiger partial charge in [-0.05, 0) is 74.1 Å². The summed E-state index contributed by atoms with van der Waals surface area (Å²) in [6, 6.07) is 16.7. The standard InChI is InChI=1S/C26H23BCl2FN3O/c1-17-15-19(33-26(17)22(12-13-31)25-3-2-14-32(25)27(33)30)7-4-18-5-8-20(9-6-18)34-21-10-11-23(28)24(29)16-21/h2-11,14-16,27H,12-13,31H2,1H3/b7-4+. The number of benzene rings is 2. The van der Waals surface area contributed by atoms with Crippen LogP contribution in [-0.4, -0.2) is 28.5 Å². The van der Waals surface area contributed by atoms with Gasteiger partial charge in [0, 0.05) is 35.1 Å². The fourth-order valence-corrected chi connectivity index (χ4v) is 4.90. The first-order valence-corrected chi connectivity index (χ1v) is 11.9. The van der Waals surface area contributed by atoms with Crippen molar-refractivity contribution >= 4 is 47.8 Å². The maximum atomic E-state index is 15.6. The van der Waals surface area contributed by atoms with Crippen molar-refractivity contribution in [3.63, 3.8) is 0 Å². The van der Waals surface area contributed by atoms with E-state index in [1.54, 1.807) is 22.7 Å². The van der Waals surface area contributed by atoms with Gasteiger partial charge in [-0.2, -0.15) is 0 Å². The number of rotatable bonds is 6. The zero-order valence-corrected chi connectivity index (χ0v) is 20.2. The van der Waals surface area contributed by atoms with Crippen LogP contribution in [-0.2, 0) is 0 Å². The summed E-state index contributed by atoms with van der Waals surface area (Å²) < 4.78 is 25.0. The molecule has 1 aromatic heterocycles. The third kappa shape index (κ3) is 4.13. The molecule has 5 rings (SSSR count). The molecule has 8 heteroatoms. The zero-order chi connectivity index (χ0) is 23.8. The van der Waals surface area contributed by atoms with E-state index in [2.05, 4.69) is 0 Å². The van der Waals surface area contributed by atoms with Crippen LogP contribution in [0.15, 0.2) is 84.2 Å². The van der Waals surface area contributed by atoms with Gasteiger partial charge in [0.25, 0.3) is 0 Å². The first-order chi connectivity index (χ1) is 16.5. The summed E-state index contributed by atoms with van der Waals surface area (Å²) in [4.78, 5) is 0. The SMILES string of the molecule is CC1=CC(/C=C/c2ccc(Oc3ccc(Cl)c(Cl)c3)cc2)=[N+]2[BH-](F)n3cccc3C(CCN)=C12. The molecule has 2 aliphatic heterocycles. The number of aromatic nitrogens is 1. The van der Waals surface area contributed by atoms with Crippen molar-refractivity contribution in [2.75, 3.05) is 6.54 Å². The number of allylic oxidation sites excluding steroid dienone is 3. The minimum Gasteiger partial charge on any atom is -0.457 e. The van der Waals surface area contributed by atoms with E-state index in [1.807, 2.05) is 72.2 Å². The zero-order valence-electron chi connectivity index (χ0n) is 18.6. The second-order valence-corrected chi connectivity index (χ2v) is 9.18. The quantitative estimate of drug-likeness (QED) is 0.408. The van der Waals surface area contributed by atoms with E-state index in [1.165, 1.54) is 0 Å². The molecule has 0 aliphatic carbocycles. The van der Waals surface area contributed by atoms with Crippen molar-refractivity contribution in [1.29, 1.82) is 0 Å². The highest BCUT2D eigenvalue weighted by Gasteiger charge is 2.37. The van der Waals surface area contributed by atoms with Gasteiger partial charge in [0.15, 0.2) is 11.4 Å². The van der Waals surface area contributed by atoms with Gasteiger partial charge in [0.2, 0.25) is 0 Å². The van der Waals surface area contributed by atoms with Crippen LogP contribution in [0.4, 0.5) is 4.32 Å². The van der Waals surface area contributed by atoms with Gasteiger partial charge in [-0.25, -0.2) is 0 Å². The highest BCUT2D eigenvalue weighted by atomic mass is 35.5. The molecule has 0 saturated carbocycles. The minimum atomic E-state index is -2.28. The Kier molecular flexibility index (Phi) is 6.21. The summed E-state index contributed by atoms with van der Waals surface area (Å²) in [5, 5.41) is 0.923. The Bertz CT molecular complexity index is 1390. The first kappa shape index (κ1) is 22.7. The second kappa shape index (κ2) is 9.30. The van der Waals surface area contributed by atoms with E-state index in [0.717, 1.165) is 33.8 Å². The average Bonchev–Trinajstić information content (AvgIpc) is 3.44. The summed E-state index contributed by atoms with van der Waals surface area (Å²) >= 11 is 12.0. The van der Waals surface area contributed by atoms with Crippen LogP contribution in [0.2, 0.25) is 10.0 Å². The number of halogens is 3. The molecule has 1 atom stereocenters. The molecule has 0 bridgehead atoms. The van der Waals surface area contributed by atoms with Crippen LogP contribution in [0.25, 0.3) is 11.6 Å². The van der Waals surface area contributed by atoms with Crippen LogP contribution >= 0.6 is 23.2 Å². The topological polar surface area (TPSA) is 43.2 Å². The Morgan fingerprint density at radius 1 is 1.06 bits per heavy atom. The van der Waals surface area contributed by atoms with Gasteiger partial charge in [-0.3, -0.25) is 0 Å². The van der Waals surface area contributed by atoms with Gasteiger partial charge in [-0.1, -0.05) is 35.3 Å². The van der Waals surface area contributed by atoms with Gasteiger partial charge in [0.1, 0.15) is 11.5 Å². The maximum Gasteiger partial charge on any atom is 0.536 e. The molecule has 0 fully saturated rings. The summed E-state index contributed by atoms with van der Waals surface area (Å²) in [6.07, 6.45) is 8.48. The molecule has 3 heterocycles. The Morgan fingerprint density at radius 3 is 2.56 bits per heavy atom. The number of fused-ring (bicyclic) bond motifs is 2. The Hall–Kier alpha value is -3.06. The molecule has 2 aliphatic rings. The summed E-state index contributed by atoms with van der Waals surface area (Å²) in [6.45, 7) is 2.54. The molecule has 0 spiro atoms. The molecule has 172 valence electrons. The van der Waals surface area contributed by atoms with Crippen molar-refractivity contribution in [1.82, 2.24) is 4.48 Å². The van der Waals surface area contributed by atoms with E-state index in [4.69, 9.17) is 33.7 Å². The lowest BCUT2D eigenvalue weighted by Crippen LogP contribution is -2.40. The van der Waals surface area contributed by atoms with Crippen LogP contribution in [0.3, 0.4) is 0 Å². The molecule has 3 aromatic rings. The molecular formula is C26H23BCl2FN3O. The predicted octanol–water partition coefficient (Wildman–Crippen LogP) is 6.32. The van der Waals surface area contributed by atoms with Crippen molar-refractivity contribution in [3.05, 3.63) is 106 Å². The Balaban J connectivity index is 1.41. The highest BCUT2D eigenvalue weighted by molar-refractivity contribution is 6.44. The van der Waals surface area contributed by atoms with E-state index in [-0.39, 0.29) is 0 Å². The first-order valence-electron chi connectivity index (χ1n) is 11.1. The maximum absolute atomic E-state index is 15.6. The lowest BCUT2D eigenvalue weighted by molar-refractivity contribution is -0.335. The van der Waals surface area contributed by atoms with Crippen LogP contribution < -0.4 is 10.5 Å². The molecule has 2 N–H and O–H groups in total. The fraction of sp³-hybridized carbons (Fsp3) is 0.115. The largest absolute Gasteiger partial charge is 0.536 e. The Morgan fingerprint density at radius 2 is 1.82 bits per heavy atom. The van der Waals surface area contributed by atoms with Gasteiger partial charge in [0.05, 0.1) is 10.0 Å². The molecular weight excluding hydrogens is 471 g/mol. The molecule has 4 nitrogen and oxygen atoms in total. The molecule has 0 amide bonds. The summed E-state index contributed by atoms with van der Waals surface area (Å²) in [5.41, 5.74) is 11.7. The minimum absolute atomic E-state index is 0.441. The lowest BCUT2D eigenvalue weighted by atomic mass is 9.90. The van der Waals surface area contributed by atoms with Crippen molar-refractivity contribution in [2.24, 2.45) is 5.73 Å². The number of hydrogen-bond donors (Lipinski definition) is 1. The number of ether oxygens (including phenoxy) is 1. The lowest BCUT2D eigenvalue weighted by Gasteiger charge is -2.29. The Labute approximate surface area is 208 Å². The molecule has 0 radical (unpaired) electrons. The van der Waals surface area contributed by atoms with Crippen molar-refractivity contribution in [2.45, 2.75) is 13.3 Å². The van der Waals surface area contributed by atoms with Crippen LogP contribution in [0.1, 0.15) is 24.6 Å². The van der Waals surface area contributed by atoms with Crippen molar-refractivity contribution < 1.29 is 13.5 Å². The molecule has 34 heavy (non-hydrogen) atoms. The van der Waals surface area contributed by atoms with E-state index in [9.17, 15) is 0 Å². The molecule has 1 unspecified atom stereocenters. The average molecular weight is 494 g/mol. The van der Waals surface area contributed by atoms with Gasteiger partial charge < -0.3 is 23.8 Å². The fourth-order valence-electron chi connectivity index (χ4n) is 4.62. The summed E-state index contributed by atoms with van der Waals surface area (Å²) in [5.74, 6) is 1.29. The number of nitrogens with two attached hydrogens (primary N) is 1. The van der Waals surface area contributed by atoms with Crippen LogP contribution in [0.5, 0.6) is 11.5 Å². The normalized spacial score (nSPS) is 17.3. The van der Waals surface area contributed by atoms with Gasteiger partial charge >= 0.3 is 7.26 Å². The smallest absolute Gasteiger partial charge is 0.457 e. The van der Waals surface area contributed by atoms with Crippen molar-refractivity contribution in [3.8, 4) is 11.5 Å². The highest BCUT2D eigenvalue weighted by Crippen LogP contribution is 2.36. The second-order valence-electron chi connectivity index (χ2n) is 8.37. The van der Waals surface area contributed by atoms with E-state index >= 15 is 4.32 Å². The third-order valence-corrected chi connectivity index (χ3v) is 6.87. The van der Waals surface area contributed by atoms with E-state index in [0.29, 0.717) is 34.5 Å². The van der Waals surface area contributed by atoms with Gasteiger partial charge in [-0.15, -0.1) is 0 Å². The summed E-state index contributed by atoms with van der Waals surface area (Å²) in [7, 11) is -2.28. The molecule has 2 aromatic carbocycles. The van der Waals surface area contributed by atoms with E-state index < -0.39 is 7.26 Å².